The zero-order valence-corrected chi connectivity index (χ0v) is 25.3. The lowest BCUT2D eigenvalue weighted by atomic mass is 10.1. The molecular formula is C31H39N3O6S. The number of hydrogen-bond donors (Lipinski definition) is 1. The van der Waals surface area contributed by atoms with Crippen molar-refractivity contribution in [1.82, 2.24) is 10.2 Å². The Morgan fingerprint density at radius 3 is 2.07 bits per heavy atom. The summed E-state index contributed by atoms with van der Waals surface area (Å²) in [5, 5.41) is 2.81. The molecule has 0 bridgehead atoms. The maximum atomic E-state index is 14.2. The van der Waals surface area contributed by atoms with E-state index in [1.807, 2.05) is 64.1 Å². The van der Waals surface area contributed by atoms with Crippen LogP contribution in [-0.4, -0.2) is 58.5 Å². The molecule has 0 aliphatic carbocycles. The lowest BCUT2D eigenvalue weighted by Crippen LogP contribution is -2.52. The summed E-state index contributed by atoms with van der Waals surface area (Å²) in [6, 6.07) is 18.2. The summed E-state index contributed by atoms with van der Waals surface area (Å²) in [4.78, 5) is 28.5. The van der Waals surface area contributed by atoms with E-state index in [9.17, 15) is 18.0 Å². The third-order valence-corrected chi connectivity index (χ3v) is 8.42. The first-order valence-corrected chi connectivity index (χ1v) is 14.9. The quantitative estimate of drug-likeness (QED) is 0.320. The molecule has 1 atom stereocenters. The van der Waals surface area contributed by atoms with Crippen LogP contribution in [0.1, 0.15) is 37.0 Å². The molecule has 3 aromatic carbocycles. The minimum atomic E-state index is -4.26. The summed E-state index contributed by atoms with van der Waals surface area (Å²) in [7, 11) is -1.37. The molecular weight excluding hydrogens is 542 g/mol. The predicted molar refractivity (Wildman–Crippen MR) is 160 cm³/mol. The van der Waals surface area contributed by atoms with Crippen LogP contribution in [0.3, 0.4) is 0 Å². The Morgan fingerprint density at radius 1 is 0.878 bits per heavy atom. The number of carbonyl (C=O) groups excluding carboxylic acids is 2. The van der Waals surface area contributed by atoms with Gasteiger partial charge in [-0.3, -0.25) is 13.9 Å². The number of benzene rings is 3. The normalized spacial score (nSPS) is 11.9. The SMILES string of the molecule is CCNC(=O)C(CC)N(Cc1ccccc1)C(=O)CN(c1cc(C)cc(C)c1)S(=O)(=O)c1ccc(OC)c(OC)c1. The number of nitrogens with one attached hydrogen (secondary N) is 1. The van der Waals surface area contributed by atoms with Gasteiger partial charge in [0.2, 0.25) is 11.8 Å². The number of methoxy groups -OCH3 is 2. The molecule has 41 heavy (non-hydrogen) atoms. The van der Waals surface area contributed by atoms with E-state index in [1.54, 1.807) is 12.1 Å². The number of nitrogens with zero attached hydrogens (tertiary/aromatic N) is 2. The molecule has 0 radical (unpaired) electrons. The first-order chi connectivity index (χ1) is 19.5. The van der Waals surface area contributed by atoms with Gasteiger partial charge in [-0.05, 0) is 68.1 Å². The minimum absolute atomic E-state index is 0.0625. The fourth-order valence-corrected chi connectivity index (χ4v) is 6.13. The second-order valence-corrected chi connectivity index (χ2v) is 11.6. The van der Waals surface area contributed by atoms with Crippen molar-refractivity contribution in [1.29, 1.82) is 0 Å². The van der Waals surface area contributed by atoms with E-state index in [0.29, 0.717) is 24.4 Å². The third kappa shape index (κ3) is 7.58. The van der Waals surface area contributed by atoms with Crippen molar-refractivity contribution < 1.29 is 27.5 Å². The molecule has 2 amide bonds. The topological polar surface area (TPSA) is 105 Å². The van der Waals surface area contributed by atoms with Gasteiger partial charge in [0.15, 0.2) is 11.5 Å². The van der Waals surface area contributed by atoms with Gasteiger partial charge in [-0.25, -0.2) is 8.42 Å². The van der Waals surface area contributed by atoms with Crippen LogP contribution < -0.4 is 19.1 Å². The highest BCUT2D eigenvalue weighted by atomic mass is 32.2. The van der Waals surface area contributed by atoms with Crippen LogP contribution in [0, 0.1) is 13.8 Å². The van der Waals surface area contributed by atoms with Crippen molar-refractivity contribution in [2.75, 3.05) is 31.6 Å². The highest BCUT2D eigenvalue weighted by Gasteiger charge is 2.34. The molecule has 1 unspecified atom stereocenters. The molecule has 220 valence electrons. The largest absolute Gasteiger partial charge is 0.493 e. The van der Waals surface area contributed by atoms with Gasteiger partial charge in [0, 0.05) is 19.2 Å². The summed E-state index contributed by atoms with van der Waals surface area (Å²) in [6.07, 6.45) is 0.358. The average molecular weight is 582 g/mol. The van der Waals surface area contributed by atoms with Crippen LogP contribution in [0.15, 0.2) is 71.6 Å². The Labute approximate surface area is 243 Å². The Bertz CT molecular complexity index is 1440. The number of amides is 2. The molecule has 0 aromatic heterocycles. The fourth-order valence-electron chi connectivity index (χ4n) is 4.72. The summed E-state index contributed by atoms with van der Waals surface area (Å²) in [5.74, 6) is -0.175. The number of sulfonamides is 1. The number of aryl methyl sites for hydroxylation is 2. The van der Waals surface area contributed by atoms with Crippen LogP contribution in [0.2, 0.25) is 0 Å². The van der Waals surface area contributed by atoms with Crippen molar-refractivity contribution in [3.8, 4) is 11.5 Å². The van der Waals surface area contributed by atoms with E-state index < -0.39 is 28.5 Å². The van der Waals surface area contributed by atoms with Crippen LogP contribution in [0.25, 0.3) is 0 Å². The molecule has 0 heterocycles. The Morgan fingerprint density at radius 2 is 1.51 bits per heavy atom. The van der Waals surface area contributed by atoms with Gasteiger partial charge in [-0.2, -0.15) is 0 Å². The average Bonchev–Trinajstić information content (AvgIpc) is 2.95. The molecule has 3 aromatic rings. The van der Waals surface area contributed by atoms with Crippen LogP contribution in [0.4, 0.5) is 5.69 Å². The molecule has 0 aliphatic rings. The van der Waals surface area contributed by atoms with E-state index in [-0.39, 0.29) is 23.1 Å². The molecule has 9 nitrogen and oxygen atoms in total. The van der Waals surface area contributed by atoms with E-state index in [1.165, 1.54) is 37.3 Å². The van der Waals surface area contributed by atoms with Gasteiger partial charge in [-0.1, -0.05) is 43.3 Å². The Kier molecular flexibility index (Phi) is 10.8. The summed E-state index contributed by atoms with van der Waals surface area (Å²) in [6.45, 7) is 7.41. The Hall–Kier alpha value is -4.05. The van der Waals surface area contributed by atoms with Gasteiger partial charge in [0.1, 0.15) is 12.6 Å². The number of likely N-dealkylation sites (N-methyl/N-ethyl adjacent to an activating group) is 1. The number of anilines is 1. The second kappa shape index (κ2) is 14.0. The summed E-state index contributed by atoms with van der Waals surface area (Å²) in [5.41, 5.74) is 2.85. The first kappa shape index (κ1) is 31.5. The smallest absolute Gasteiger partial charge is 0.264 e. The first-order valence-electron chi connectivity index (χ1n) is 13.5. The van der Waals surface area contributed by atoms with Crippen molar-refractivity contribution in [2.45, 2.75) is 51.6 Å². The number of hydrogen-bond acceptors (Lipinski definition) is 6. The molecule has 0 saturated carbocycles. The van der Waals surface area contributed by atoms with Gasteiger partial charge < -0.3 is 19.7 Å². The maximum Gasteiger partial charge on any atom is 0.264 e. The van der Waals surface area contributed by atoms with Gasteiger partial charge in [0.05, 0.1) is 24.8 Å². The molecule has 0 saturated heterocycles. The van der Waals surface area contributed by atoms with Gasteiger partial charge >= 0.3 is 0 Å². The van der Waals surface area contributed by atoms with Crippen molar-refractivity contribution in [2.24, 2.45) is 0 Å². The second-order valence-electron chi connectivity index (χ2n) is 9.70. The minimum Gasteiger partial charge on any atom is -0.493 e. The van der Waals surface area contributed by atoms with Crippen molar-refractivity contribution in [3.05, 3.63) is 83.4 Å². The molecule has 0 fully saturated rings. The molecule has 1 N–H and O–H groups in total. The molecule has 0 spiro atoms. The predicted octanol–water partition coefficient (Wildman–Crippen LogP) is 4.46. The molecule has 10 heteroatoms. The maximum absolute atomic E-state index is 14.2. The van der Waals surface area contributed by atoms with Crippen molar-refractivity contribution >= 4 is 27.5 Å². The number of ether oxygens (including phenoxy) is 2. The fraction of sp³-hybridized carbons (Fsp3) is 0.355. The van der Waals surface area contributed by atoms with E-state index in [4.69, 9.17) is 9.47 Å². The highest BCUT2D eigenvalue weighted by molar-refractivity contribution is 7.92. The van der Waals surface area contributed by atoms with Crippen molar-refractivity contribution in [3.63, 3.8) is 0 Å². The summed E-state index contributed by atoms with van der Waals surface area (Å²) >= 11 is 0. The number of carbonyl (C=O) groups is 2. The number of rotatable bonds is 13. The van der Waals surface area contributed by atoms with E-state index >= 15 is 0 Å². The van der Waals surface area contributed by atoms with Crippen LogP contribution >= 0.6 is 0 Å². The van der Waals surface area contributed by atoms with Gasteiger partial charge in [0.25, 0.3) is 10.0 Å². The zero-order valence-electron chi connectivity index (χ0n) is 24.5. The zero-order chi connectivity index (χ0) is 30.2. The highest BCUT2D eigenvalue weighted by Crippen LogP contribution is 2.33. The lowest BCUT2D eigenvalue weighted by molar-refractivity contribution is -0.140. The monoisotopic (exact) mass is 581 g/mol. The molecule has 3 rings (SSSR count). The standard InChI is InChI=1S/C31H39N3O6S/c1-7-27(31(36)32-8-2)33(20-24-12-10-9-11-13-24)30(35)21-34(25-17-22(3)16-23(4)18-25)41(37,38)26-14-15-28(39-5)29(19-26)40-6/h9-19,27H,7-8,20-21H2,1-6H3,(H,32,36). The van der Waals surface area contributed by atoms with Crippen LogP contribution in [0.5, 0.6) is 11.5 Å². The lowest BCUT2D eigenvalue weighted by Gasteiger charge is -2.33. The third-order valence-electron chi connectivity index (χ3n) is 6.65. The Balaban J connectivity index is 2.13. The van der Waals surface area contributed by atoms with E-state index in [0.717, 1.165) is 21.0 Å². The molecule has 0 aliphatic heterocycles. The van der Waals surface area contributed by atoms with Gasteiger partial charge in [-0.15, -0.1) is 0 Å². The summed E-state index contributed by atoms with van der Waals surface area (Å²) < 4.78 is 40.1. The van der Waals surface area contributed by atoms with E-state index in [2.05, 4.69) is 5.32 Å². The van der Waals surface area contributed by atoms with Crippen LogP contribution in [-0.2, 0) is 26.2 Å².